The number of halogens is 2. The van der Waals surface area contributed by atoms with Crippen molar-refractivity contribution in [2.24, 2.45) is 0 Å². The van der Waals surface area contributed by atoms with E-state index in [1.807, 2.05) is 30.3 Å². The van der Waals surface area contributed by atoms with E-state index in [0.29, 0.717) is 24.0 Å². The average molecular weight is 461 g/mol. The molecule has 0 heterocycles. The molecule has 1 N–H and O–H groups in total. The molecule has 1 atom stereocenters. The molecule has 0 aliphatic heterocycles. The number of carboxylic acid groups (broad SMARTS) is 1. The lowest BCUT2D eigenvalue weighted by Gasteiger charge is -2.26. The smallest absolute Gasteiger partial charge is 0.341 e. The van der Waals surface area contributed by atoms with Gasteiger partial charge in [0.15, 0.2) is 12.4 Å². The van der Waals surface area contributed by atoms with Gasteiger partial charge in [-0.05, 0) is 23.6 Å². The zero-order valence-corrected chi connectivity index (χ0v) is 19.5. The second-order valence-electron chi connectivity index (χ2n) is 8.40. The maximum Gasteiger partial charge on any atom is 0.341 e. The van der Waals surface area contributed by atoms with Gasteiger partial charge >= 0.3 is 5.97 Å². The highest BCUT2D eigenvalue weighted by Crippen LogP contribution is 2.48. The second-order valence-corrected chi connectivity index (χ2v) is 13.9. The molecule has 1 aliphatic carbocycles. The van der Waals surface area contributed by atoms with Crippen molar-refractivity contribution >= 4 is 43.0 Å². The molecule has 4 nitrogen and oxygen atoms in total. The molecule has 0 saturated carbocycles. The lowest BCUT2D eigenvalue weighted by Crippen LogP contribution is -2.33. The number of ether oxygens (including phenoxy) is 1. The predicted molar refractivity (Wildman–Crippen MR) is 121 cm³/mol. The maximum absolute atomic E-state index is 13.7. The van der Waals surface area contributed by atoms with Crippen LogP contribution in [0.15, 0.2) is 36.4 Å². The van der Waals surface area contributed by atoms with Crippen molar-refractivity contribution in [3.8, 4) is 17.2 Å². The normalized spacial score (nSPS) is 17.8. The summed E-state index contributed by atoms with van der Waals surface area (Å²) >= 11 is 12.8. The van der Waals surface area contributed by atoms with Gasteiger partial charge in [-0.3, -0.25) is 4.79 Å². The van der Waals surface area contributed by atoms with Crippen molar-refractivity contribution in [3.05, 3.63) is 63.1 Å². The fourth-order valence-corrected chi connectivity index (χ4v) is 4.74. The monoisotopic (exact) mass is 460 g/mol. The molecule has 0 amide bonds. The molecule has 1 unspecified atom stereocenters. The number of carbonyl (C=O) groups is 2. The minimum Gasteiger partial charge on any atom is -0.480 e. The number of hydrogen-bond acceptors (Lipinski definition) is 3. The molecule has 0 saturated heterocycles. The first-order valence-corrected chi connectivity index (χ1v) is 13.8. The third-order valence-electron chi connectivity index (χ3n) is 4.94. The van der Waals surface area contributed by atoms with Crippen LogP contribution >= 0.6 is 23.2 Å². The lowest BCUT2D eigenvalue weighted by molar-refractivity contribution is -0.139. The van der Waals surface area contributed by atoms with Gasteiger partial charge in [0.2, 0.25) is 0 Å². The molecule has 0 aromatic heterocycles. The number of carboxylic acids is 1. The Labute approximate surface area is 187 Å². The number of hydrogen-bond donors (Lipinski definition) is 1. The molecule has 0 spiro atoms. The third-order valence-corrected chi connectivity index (χ3v) is 6.72. The van der Waals surface area contributed by atoms with E-state index in [1.165, 1.54) is 0 Å². The van der Waals surface area contributed by atoms with Crippen molar-refractivity contribution in [1.29, 1.82) is 0 Å². The van der Waals surface area contributed by atoms with Gasteiger partial charge in [0.1, 0.15) is 18.8 Å². The summed E-state index contributed by atoms with van der Waals surface area (Å²) in [4.78, 5) is 24.6. The van der Waals surface area contributed by atoms with Crippen LogP contribution in [0.3, 0.4) is 0 Å². The summed E-state index contributed by atoms with van der Waals surface area (Å²) in [6, 6.07) is 11.2. The van der Waals surface area contributed by atoms with E-state index in [4.69, 9.17) is 33.0 Å². The van der Waals surface area contributed by atoms with Crippen LogP contribution in [0.5, 0.6) is 5.75 Å². The summed E-state index contributed by atoms with van der Waals surface area (Å²) in [5.74, 6) is 2.18. The van der Waals surface area contributed by atoms with E-state index >= 15 is 0 Å². The lowest BCUT2D eigenvalue weighted by atomic mass is 9.74. The van der Waals surface area contributed by atoms with Crippen LogP contribution in [-0.2, 0) is 16.6 Å². The van der Waals surface area contributed by atoms with Crippen molar-refractivity contribution < 1.29 is 19.4 Å². The van der Waals surface area contributed by atoms with Crippen molar-refractivity contribution in [3.63, 3.8) is 0 Å². The van der Waals surface area contributed by atoms with Crippen molar-refractivity contribution in [2.45, 2.75) is 37.9 Å². The molecular formula is C23H22Cl2O4Si. The first kappa shape index (κ1) is 22.4. The first-order chi connectivity index (χ1) is 14.0. The highest BCUT2D eigenvalue weighted by atomic mass is 35.5. The van der Waals surface area contributed by atoms with Gasteiger partial charge in [-0.15, -0.1) is 11.5 Å². The van der Waals surface area contributed by atoms with E-state index in [2.05, 4.69) is 31.1 Å². The van der Waals surface area contributed by atoms with E-state index in [-0.39, 0.29) is 21.6 Å². The Morgan fingerprint density at radius 3 is 2.47 bits per heavy atom. The Morgan fingerprint density at radius 1 is 1.20 bits per heavy atom. The van der Waals surface area contributed by atoms with Crippen molar-refractivity contribution in [2.75, 3.05) is 6.61 Å². The summed E-state index contributed by atoms with van der Waals surface area (Å²) in [5, 5.41) is 9.03. The Hall–Kier alpha value is -2.26. The fourth-order valence-electron chi connectivity index (χ4n) is 3.62. The van der Waals surface area contributed by atoms with E-state index < -0.39 is 26.1 Å². The number of benzene rings is 2. The first-order valence-electron chi connectivity index (χ1n) is 9.51. The Kier molecular flexibility index (Phi) is 6.33. The molecule has 30 heavy (non-hydrogen) atoms. The highest BCUT2D eigenvalue weighted by molar-refractivity contribution is 6.83. The predicted octanol–water partition coefficient (Wildman–Crippen LogP) is 5.40. The van der Waals surface area contributed by atoms with Crippen LogP contribution in [0.2, 0.25) is 29.7 Å². The van der Waals surface area contributed by atoms with Crippen molar-refractivity contribution in [1.82, 2.24) is 0 Å². The summed E-state index contributed by atoms with van der Waals surface area (Å²) in [6.45, 7) is 5.92. The van der Waals surface area contributed by atoms with Gasteiger partial charge in [-0.1, -0.05) is 73.2 Å². The zero-order chi connectivity index (χ0) is 22.1. The third kappa shape index (κ3) is 4.41. The van der Waals surface area contributed by atoms with Crippen LogP contribution in [0.25, 0.3) is 0 Å². The molecule has 0 fully saturated rings. The number of carbonyl (C=O) groups excluding carboxylic acids is 1. The SMILES string of the molecule is C[Si](C)(C)C#CCC1(c2ccccc2)Cc2cc(OCC(=O)O)c(Cl)c(Cl)c2C1=O. The van der Waals surface area contributed by atoms with Gasteiger partial charge in [0.25, 0.3) is 0 Å². The van der Waals surface area contributed by atoms with Gasteiger partial charge in [-0.25, -0.2) is 4.79 Å². The molecule has 1 aliphatic rings. The molecule has 7 heteroatoms. The molecule has 2 aromatic carbocycles. The molecular weight excluding hydrogens is 439 g/mol. The summed E-state index contributed by atoms with van der Waals surface area (Å²) in [7, 11) is -1.61. The van der Waals surface area contributed by atoms with Crippen LogP contribution < -0.4 is 4.74 Å². The number of Topliss-reactive ketones (excluding diaryl/α,β-unsaturated/α-hetero) is 1. The largest absolute Gasteiger partial charge is 0.480 e. The quantitative estimate of drug-likeness (QED) is 0.478. The van der Waals surface area contributed by atoms with Gasteiger partial charge in [-0.2, -0.15) is 0 Å². The molecule has 3 rings (SSSR count). The van der Waals surface area contributed by atoms with E-state index in [9.17, 15) is 9.59 Å². The summed E-state index contributed by atoms with van der Waals surface area (Å²) in [5.41, 5.74) is 4.41. The van der Waals surface area contributed by atoms with E-state index in [0.717, 1.165) is 5.56 Å². The fraction of sp³-hybridized carbons (Fsp3) is 0.304. The topological polar surface area (TPSA) is 63.6 Å². The molecule has 156 valence electrons. The van der Waals surface area contributed by atoms with Gasteiger partial charge in [0, 0.05) is 12.0 Å². The number of aliphatic carboxylic acids is 1. The molecule has 0 bridgehead atoms. The molecule has 0 radical (unpaired) electrons. The summed E-state index contributed by atoms with van der Waals surface area (Å²) in [6.07, 6.45) is 0.764. The Bertz CT molecular complexity index is 1060. The minimum atomic E-state index is -1.61. The number of rotatable bonds is 5. The second kappa shape index (κ2) is 8.47. The van der Waals surface area contributed by atoms with Gasteiger partial charge in [0.05, 0.1) is 10.4 Å². The number of fused-ring (bicyclic) bond motifs is 1. The standard InChI is InChI=1S/C23H22Cl2O4Si/c1-30(2,3)11-7-10-23(16-8-5-4-6-9-16)13-15-12-17(29-14-18(26)27)20(24)21(25)19(15)22(23)28/h4-6,8-9,12H,10,13-14H2,1-3H3,(H,26,27). The van der Waals surface area contributed by atoms with Crippen LogP contribution in [0, 0.1) is 11.5 Å². The van der Waals surface area contributed by atoms with Crippen LogP contribution in [0.4, 0.5) is 0 Å². The zero-order valence-electron chi connectivity index (χ0n) is 17.0. The van der Waals surface area contributed by atoms with Crippen LogP contribution in [-0.4, -0.2) is 31.5 Å². The highest BCUT2D eigenvalue weighted by Gasteiger charge is 2.48. The van der Waals surface area contributed by atoms with Gasteiger partial charge < -0.3 is 9.84 Å². The maximum atomic E-state index is 13.7. The van der Waals surface area contributed by atoms with Crippen LogP contribution in [0.1, 0.15) is 27.9 Å². The number of ketones is 1. The molecule has 2 aromatic rings. The Balaban J connectivity index is 2.11. The average Bonchev–Trinajstić information content (AvgIpc) is 2.96. The minimum absolute atomic E-state index is 0.0436. The summed E-state index contributed by atoms with van der Waals surface area (Å²) < 4.78 is 5.29. The Morgan fingerprint density at radius 2 is 1.87 bits per heavy atom. The van der Waals surface area contributed by atoms with E-state index in [1.54, 1.807) is 6.07 Å².